The van der Waals surface area contributed by atoms with Gasteiger partial charge in [-0.15, -0.1) is 5.10 Å². The van der Waals surface area contributed by atoms with E-state index in [0.29, 0.717) is 18.2 Å². The molecule has 0 atom stereocenters. The molecular weight excluding hydrogens is 228 g/mol. The molecule has 1 aliphatic rings. The van der Waals surface area contributed by atoms with Crippen LogP contribution in [0.15, 0.2) is 41.5 Å². The van der Waals surface area contributed by atoms with Crippen molar-refractivity contribution in [3.8, 4) is 5.69 Å². The van der Waals surface area contributed by atoms with E-state index >= 15 is 0 Å². The molecule has 0 saturated heterocycles. The molecule has 1 aliphatic heterocycles. The summed E-state index contributed by atoms with van der Waals surface area (Å²) in [6.07, 6.45) is 1.83. The van der Waals surface area contributed by atoms with Gasteiger partial charge in [0.05, 0.1) is 17.4 Å². The lowest BCUT2D eigenvalue weighted by Crippen LogP contribution is -2.17. The zero-order valence-electron chi connectivity index (χ0n) is 10.4. The highest BCUT2D eigenvalue weighted by molar-refractivity contribution is 5.93. The van der Waals surface area contributed by atoms with Crippen LogP contribution in [0.25, 0.3) is 5.69 Å². The van der Waals surface area contributed by atoms with Gasteiger partial charge in [-0.1, -0.05) is 23.4 Å². The summed E-state index contributed by atoms with van der Waals surface area (Å²) in [6.45, 7) is 4.64. The van der Waals surface area contributed by atoms with Crippen LogP contribution in [0.5, 0.6) is 0 Å². The highest BCUT2D eigenvalue weighted by atomic mass is 16.5. The van der Waals surface area contributed by atoms with Crippen LogP contribution in [0, 0.1) is 0 Å². The predicted octanol–water partition coefficient (Wildman–Crippen LogP) is 1.82. The fourth-order valence-corrected chi connectivity index (χ4v) is 1.78. The van der Waals surface area contributed by atoms with E-state index < -0.39 is 0 Å². The Bertz CT molecular complexity index is 586. The lowest BCUT2D eigenvalue weighted by Gasteiger charge is -2.07. The molecule has 0 radical (unpaired) electrons. The molecule has 92 valence electrons. The van der Waals surface area contributed by atoms with Gasteiger partial charge in [-0.05, 0) is 26.0 Å². The predicted molar refractivity (Wildman–Crippen MR) is 67.9 cm³/mol. The molecule has 3 rings (SSSR count). The van der Waals surface area contributed by atoms with E-state index in [9.17, 15) is 0 Å². The molecule has 0 N–H and O–H groups in total. The Labute approximate surface area is 105 Å². The van der Waals surface area contributed by atoms with Crippen molar-refractivity contribution in [3.63, 3.8) is 0 Å². The van der Waals surface area contributed by atoms with Crippen LogP contribution in [-0.2, 0) is 4.74 Å². The second-order valence-electron chi connectivity index (χ2n) is 4.90. The second kappa shape index (κ2) is 3.94. The van der Waals surface area contributed by atoms with E-state index in [-0.39, 0.29) is 5.54 Å². The third-order valence-electron chi connectivity index (χ3n) is 2.70. The van der Waals surface area contributed by atoms with E-state index in [0.717, 1.165) is 5.69 Å². The largest absolute Gasteiger partial charge is 0.474 e. The van der Waals surface area contributed by atoms with Crippen LogP contribution in [0.4, 0.5) is 0 Å². The summed E-state index contributed by atoms with van der Waals surface area (Å²) in [6, 6.07) is 9.83. The van der Waals surface area contributed by atoms with E-state index in [2.05, 4.69) is 15.3 Å². The molecule has 5 heteroatoms. The van der Waals surface area contributed by atoms with Gasteiger partial charge in [-0.25, -0.2) is 9.67 Å². The summed E-state index contributed by atoms with van der Waals surface area (Å²) in [5.74, 6) is 0.571. The number of benzene rings is 1. The Morgan fingerprint density at radius 3 is 2.67 bits per heavy atom. The summed E-state index contributed by atoms with van der Waals surface area (Å²) >= 11 is 0. The van der Waals surface area contributed by atoms with Gasteiger partial charge in [0.2, 0.25) is 5.90 Å². The minimum absolute atomic E-state index is 0.175. The monoisotopic (exact) mass is 242 g/mol. The van der Waals surface area contributed by atoms with Crippen molar-refractivity contribution in [2.75, 3.05) is 6.61 Å². The van der Waals surface area contributed by atoms with Gasteiger partial charge in [0, 0.05) is 0 Å². The first kappa shape index (κ1) is 11.0. The van der Waals surface area contributed by atoms with Crippen molar-refractivity contribution in [2.24, 2.45) is 4.99 Å². The van der Waals surface area contributed by atoms with E-state index in [4.69, 9.17) is 4.74 Å². The van der Waals surface area contributed by atoms with Gasteiger partial charge in [0.25, 0.3) is 0 Å². The summed E-state index contributed by atoms with van der Waals surface area (Å²) in [5, 5.41) is 8.18. The third kappa shape index (κ3) is 1.99. The normalized spacial score (nSPS) is 17.3. The number of hydrogen-bond acceptors (Lipinski definition) is 4. The van der Waals surface area contributed by atoms with Crippen LogP contribution < -0.4 is 0 Å². The fraction of sp³-hybridized carbons (Fsp3) is 0.308. The molecule has 2 heterocycles. The zero-order valence-corrected chi connectivity index (χ0v) is 10.4. The number of para-hydroxylation sites is 1. The van der Waals surface area contributed by atoms with Crippen LogP contribution in [0.3, 0.4) is 0 Å². The maximum atomic E-state index is 5.54. The van der Waals surface area contributed by atoms with Crippen molar-refractivity contribution in [1.82, 2.24) is 15.0 Å². The molecule has 2 aromatic rings. The van der Waals surface area contributed by atoms with Gasteiger partial charge in [0.15, 0.2) is 5.69 Å². The molecule has 0 spiro atoms. The first-order valence-corrected chi connectivity index (χ1v) is 5.85. The van der Waals surface area contributed by atoms with Crippen molar-refractivity contribution in [3.05, 3.63) is 42.2 Å². The second-order valence-corrected chi connectivity index (χ2v) is 4.90. The number of hydrogen-bond donors (Lipinski definition) is 0. The van der Waals surface area contributed by atoms with Crippen molar-refractivity contribution < 1.29 is 4.74 Å². The lowest BCUT2D eigenvalue weighted by atomic mass is 10.1. The van der Waals surface area contributed by atoms with Crippen molar-refractivity contribution in [1.29, 1.82) is 0 Å². The Morgan fingerprint density at radius 2 is 2.00 bits per heavy atom. The van der Waals surface area contributed by atoms with Gasteiger partial charge >= 0.3 is 0 Å². The van der Waals surface area contributed by atoms with Gasteiger partial charge in [-0.3, -0.25) is 0 Å². The van der Waals surface area contributed by atoms with Crippen molar-refractivity contribution >= 4 is 5.90 Å². The van der Waals surface area contributed by atoms with Gasteiger partial charge < -0.3 is 4.74 Å². The zero-order chi connectivity index (χ0) is 12.6. The van der Waals surface area contributed by atoms with Crippen LogP contribution >= 0.6 is 0 Å². The lowest BCUT2D eigenvalue weighted by molar-refractivity contribution is 0.279. The van der Waals surface area contributed by atoms with Gasteiger partial charge in [-0.2, -0.15) is 0 Å². The average molecular weight is 242 g/mol. The highest BCUT2D eigenvalue weighted by Crippen LogP contribution is 2.19. The molecule has 1 aromatic carbocycles. The Hall–Kier alpha value is -2.17. The molecule has 18 heavy (non-hydrogen) atoms. The number of aliphatic imine (C=N–C) groups is 1. The summed E-state index contributed by atoms with van der Waals surface area (Å²) in [7, 11) is 0. The van der Waals surface area contributed by atoms with Gasteiger partial charge in [0.1, 0.15) is 6.61 Å². The van der Waals surface area contributed by atoms with E-state index in [1.807, 2.05) is 50.4 Å². The molecule has 5 nitrogen and oxygen atoms in total. The number of ether oxygens (including phenoxy) is 1. The highest BCUT2D eigenvalue weighted by Gasteiger charge is 2.28. The summed E-state index contributed by atoms with van der Waals surface area (Å²) in [5.41, 5.74) is 1.46. The molecule has 0 fully saturated rings. The molecule has 0 amide bonds. The molecule has 0 aliphatic carbocycles. The third-order valence-corrected chi connectivity index (χ3v) is 2.70. The summed E-state index contributed by atoms with van der Waals surface area (Å²) < 4.78 is 7.25. The standard InChI is InChI=1S/C13H14N4O/c1-13(2)9-18-12(14-13)11-8-17(16-15-11)10-6-4-3-5-7-10/h3-8H,9H2,1-2H3. The van der Waals surface area contributed by atoms with Crippen molar-refractivity contribution in [2.45, 2.75) is 19.4 Å². The Morgan fingerprint density at radius 1 is 1.22 bits per heavy atom. The number of aromatic nitrogens is 3. The van der Waals surface area contributed by atoms with Crippen LogP contribution in [0.2, 0.25) is 0 Å². The molecule has 1 aromatic heterocycles. The maximum absolute atomic E-state index is 5.54. The molecular formula is C13H14N4O. The number of nitrogens with zero attached hydrogens (tertiary/aromatic N) is 4. The fourth-order valence-electron chi connectivity index (χ4n) is 1.78. The SMILES string of the molecule is CC1(C)COC(c2cn(-c3ccccc3)nn2)=N1. The quantitative estimate of drug-likeness (QED) is 0.807. The molecule has 0 bridgehead atoms. The molecule has 0 saturated carbocycles. The molecule has 0 unspecified atom stereocenters. The minimum atomic E-state index is -0.175. The van der Waals surface area contributed by atoms with Crippen LogP contribution in [0.1, 0.15) is 19.5 Å². The van der Waals surface area contributed by atoms with E-state index in [1.54, 1.807) is 4.68 Å². The smallest absolute Gasteiger partial charge is 0.239 e. The maximum Gasteiger partial charge on any atom is 0.239 e. The number of rotatable bonds is 2. The summed E-state index contributed by atoms with van der Waals surface area (Å²) in [4.78, 5) is 4.48. The first-order chi connectivity index (χ1) is 8.64. The van der Waals surface area contributed by atoms with Crippen LogP contribution in [-0.4, -0.2) is 33.0 Å². The Kier molecular flexibility index (Phi) is 2.40. The average Bonchev–Trinajstić information content (AvgIpc) is 2.96. The Balaban J connectivity index is 1.92. The topological polar surface area (TPSA) is 52.3 Å². The first-order valence-electron chi connectivity index (χ1n) is 5.85. The minimum Gasteiger partial charge on any atom is -0.474 e. The van der Waals surface area contributed by atoms with E-state index in [1.165, 1.54) is 0 Å².